The van der Waals surface area contributed by atoms with Gasteiger partial charge in [0.2, 0.25) is 0 Å². The van der Waals surface area contributed by atoms with E-state index in [0.717, 1.165) is 82.7 Å². The van der Waals surface area contributed by atoms with Gasteiger partial charge in [-0.15, -0.1) is 11.3 Å². The predicted octanol–water partition coefficient (Wildman–Crippen LogP) is 15.3. The summed E-state index contributed by atoms with van der Waals surface area (Å²) < 4.78 is 17.9. The minimum Gasteiger partial charge on any atom is -0.456 e. The van der Waals surface area contributed by atoms with E-state index in [1.54, 1.807) is 11.3 Å². The van der Waals surface area contributed by atoms with E-state index < -0.39 is 0 Å². The van der Waals surface area contributed by atoms with Crippen LogP contribution in [0.5, 0.6) is 0 Å². The van der Waals surface area contributed by atoms with E-state index in [9.17, 15) is 0 Å². The van der Waals surface area contributed by atoms with Gasteiger partial charge in [0.15, 0.2) is 17.5 Å². The summed E-state index contributed by atoms with van der Waals surface area (Å²) in [7, 11) is 0. The molecule has 0 bridgehead atoms. The molecule has 0 aliphatic carbocycles. The van der Waals surface area contributed by atoms with Crippen molar-refractivity contribution in [2.24, 2.45) is 0 Å². The molecule has 0 N–H and O–H groups in total. The third kappa shape index (κ3) is 4.82. The van der Waals surface area contributed by atoms with Crippen molar-refractivity contribution in [3.63, 3.8) is 0 Å². The van der Waals surface area contributed by atoms with Crippen LogP contribution in [0.15, 0.2) is 191 Å². The summed E-state index contributed by atoms with van der Waals surface area (Å²) in [5.74, 6) is 1.71. The molecule has 0 unspecified atom stereocenters. The van der Waals surface area contributed by atoms with Gasteiger partial charge in [-0.3, -0.25) is 0 Å². The minimum absolute atomic E-state index is 0.552. The van der Waals surface area contributed by atoms with Gasteiger partial charge in [-0.2, -0.15) is 0 Å². The summed E-state index contributed by atoms with van der Waals surface area (Å²) in [5, 5.41) is 11.0. The highest BCUT2D eigenvalue weighted by atomic mass is 32.1. The minimum atomic E-state index is 0.552. The van der Waals surface area contributed by atoms with Crippen LogP contribution in [-0.4, -0.2) is 19.5 Å². The van der Waals surface area contributed by atoms with E-state index in [4.69, 9.17) is 23.8 Å². The number of fused-ring (bicyclic) bond motifs is 13. The van der Waals surface area contributed by atoms with Crippen molar-refractivity contribution in [2.75, 3.05) is 0 Å². The molecule has 14 aromatic rings. The second-order valence-corrected chi connectivity index (χ2v) is 17.0. The lowest BCUT2D eigenvalue weighted by molar-refractivity contribution is 0.668. The fraction of sp³-hybridized carbons (Fsp3) is 0. The van der Waals surface area contributed by atoms with Crippen molar-refractivity contribution in [3.8, 4) is 39.9 Å². The summed E-state index contributed by atoms with van der Waals surface area (Å²) in [6.45, 7) is 0. The SMILES string of the molecule is c1ccc2cc3c(cc2c1)c1ccccc1n3-c1cc(-c2nc(-c3cccc4oc5ccccc5c34)nc(-c3cccc4sc5ccccc5c34)n2)c2c(c1)oc1ccccc12. The second-order valence-electron chi connectivity index (χ2n) is 15.9. The van der Waals surface area contributed by atoms with Crippen molar-refractivity contribution < 1.29 is 8.83 Å². The molecule has 14 rings (SSSR count). The zero-order valence-electron chi connectivity index (χ0n) is 32.8. The van der Waals surface area contributed by atoms with Crippen LogP contribution in [0.25, 0.3) is 136 Å². The van der Waals surface area contributed by atoms with Crippen molar-refractivity contribution in [1.82, 2.24) is 19.5 Å². The molecular weight excluding hydrogens is 781 g/mol. The Bertz CT molecular complexity index is 4060. The summed E-state index contributed by atoms with van der Waals surface area (Å²) >= 11 is 1.78. The van der Waals surface area contributed by atoms with Gasteiger partial charge >= 0.3 is 0 Å². The van der Waals surface area contributed by atoms with Crippen molar-refractivity contribution in [3.05, 3.63) is 182 Å². The van der Waals surface area contributed by atoms with Gasteiger partial charge in [0.25, 0.3) is 0 Å². The van der Waals surface area contributed by atoms with E-state index in [-0.39, 0.29) is 0 Å². The lowest BCUT2D eigenvalue weighted by Crippen LogP contribution is -2.02. The number of hydrogen-bond donors (Lipinski definition) is 0. The van der Waals surface area contributed by atoms with Gasteiger partial charge in [0, 0.05) is 75.2 Å². The van der Waals surface area contributed by atoms with E-state index >= 15 is 0 Å². The number of thiophene rings is 1. The number of para-hydroxylation sites is 3. The van der Waals surface area contributed by atoms with Crippen LogP contribution in [0.3, 0.4) is 0 Å². The third-order valence-corrected chi connectivity index (χ3v) is 13.6. The zero-order valence-corrected chi connectivity index (χ0v) is 33.7. The normalized spacial score (nSPS) is 12.2. The summed E-state index contributed by atoms with van der Waals surface area (Å²) in [4.78, 5) is 16.4. The molecule has 0 aliphatic heterocycles. The number of aromatic nitrogens is 4. The molecule has 6 nitrogen and oxygen atoms in total. The topological polar surface area (TPSA) is 69.9 Å². The number of rotatable bonds is 4. The number of hydrogen-bond acceptors (Lipinski definition) is 6. The smallest absolute Gasteiger partial charge is 0.164 e. The predicted molar refractivity (Wildman–Crippen MR) is 255 cm³/mol. The van der Waals surface area contributed by atoms with E-state index in [2.05, 4.69) is 144 Å². The maximum Gasteiger partial charge on any atom is 0.164 e. The molecule has 7 heteroatoms. The van der Waals surface area contributed by atoms with Crippen molar-refractivity contribution in [1.29, 1.82) is 0 Å². The fourth-order valence-electron chi connectivity index (χ4n) is 9.74. The Balaban J connectivity index is 1.12. The molecule has 62 heavy (non-hydrogen) atoms. The Hall–Kier alpha value is -8.13. The standard InChI is InChI=1S/C55H30N4O2S/c1-2-14-32-28-43-40(27-31(32)13-1)34-15-3-7-21-42(34)59(43)33-29-41(51-36-17-5-9-23-45(36)61-47(51)30-33)55-57-53(38-19-11-24-46-50(38)35-16-4-8-22-44(35)60-46)56-54(58-55)39-20-12-26-49-52(39)37-18-6-10-25-48(37)62-49/h1-30H. The average Bonchev–Trinajstić information content (AvgIpc) is 4.09. The van der Waals surface area contributed by atoms with Gasteiger partial charge in [0.05, 0.1) is 16.7 Å². The molecule has 0 saturated carbocycles. The third-order valence-electron chi connectivity index (χ3n) is 12.4. The lowest BCUT2D eigenvalue weighted by atomic mass is 10.0. The monoisotopic (exact) mass is 810 g/mol. The molecule has 0 fully saturated rings. The van der Waals surface area contributed by atoms with Gasteiger partial charge < -0.3 is 13.4 Å². The van der Waals surface area contributed by atoms with Crippen LogP contribution in [0.1, 0.15) is 0 Å². The largest absolute Gasteiger partial charge is 0.456 e. The first-order valence-corrected chi connectivity index (χ1v) is 21.5. The first kappa shape index (κ1) is 33.7. The highest BCUT2D eigenvalue weighted by Gasteiger charge is 2.24. The van der Waals surface area contributed by atoms with Gasteiger partial charge in [0.1, 0.15) is 22.3 Å². The van der Waals surface area contributed by atoms with Crippen molar-refractivity contribution in [2.45, 2.75) is 0 Å². The van der Waals surface area contributed by atoms with Crippen LogP contribution in [0, 0.1) is 0 Å². The highest BCUT2D eigenvalue weighted by molar-refractivity contribution is 7.25. The quantitative estimate of drug-likeness (QED) is 0.177. The molecule has 288 valence electrons. The summed E-state index contributed by atoms with van der Waals surface area (Å²) in [6, 6.07) is 63.7. The maximum absolute atomic E-state index is 6.77. The van der Waals surface area contributed by atoms with Gasteiger partial charge in [-0.25, -0.2) is 15.0 Å². The Morgan fingerprint density at radius 1 is 0.355 bits per heavy atom. The molecule has 5 aromatic heterocycles. The molecule has 0 saturated heterocycles. The van der Waals surface area contributed by atoms with Gasteiger partial charge in [-0.05, 0) is 65.4 Å². The molecule has 0 radical (unpaired) electrons. The molecule has 9 aromatic carbocycles. The Morgan fingerprint density at radius 2 is 0.903 bits per heavy atom. The molecule has 0 amide bonds. The van der Waals surface area contributed by atoms with Crippen molar-refractivity contribution >= 4 is 108 Å². The molecular formula is C55H30N4O2S. The number of furan rings is 2. The zero-order chi connectivity index (χ0) is 40.5. The molecule has 0 aliphatic rings. The van der Waals surface area contributed by atoms with Gasteiger partial charge in [-0.1, -0.05) is 121 Å². The first-order valence-electron chi connectivity index (χ1n) is 20.7. The van der Waals surface area contributed by atoms with E-state index in [0.29, 0.717) is 17.5 Å². The van der Waals surface area contributed by atoms with Crippen LogP contribution < -0.4 is 0 Å². The Kier molecular flexibility index (Phi) is 6.89. The van der Waals surface area contributed by atoms with Crippen LogP contribution in [0.2, 0.25) is 0 Å². The Labute approximate surface area is 356 Å². The number of nitrogens with zero attached hydrogens (tertiary/aromatic N) is 4. The lowest BCUT2D eigenvalue weighted by Gasteiger charge is -2.13. The van der Waals surface area contributed by atoms with Crippen LogP contribution >= 0.6 is 11.3 Å². The van der Waals surface area contributed by atoms with Crippen LogP contribution in [0.4, 0.5) is 0 Å². The average molecular weight is 811 g/mol. The summed E-state index contributed by atoms with van der Waals surface area (Å²) in [5.41, 5.74) is 8.99. The highest BCUT2D eigenvalue weighted by Crippen LogP contribution is 2.44. The van der Waals surface area contributed by atoms with Crippen LogP contribution in [-0.2, 0) is 0 Å². The number of benzene rings is 9. The van der Waals surface area contributed by atoms with E-state index in [1.807, 2.05) is 42.5 Å². The Morgan fingerprint density at radius 3 is 1.68 bits per heavy atom. The first-order chi connectivity index (χ1) is 30.7. The second kappa shape index (κ2) is 12.7. The molecule has 0 spiro atoms. The van der Waals surface area contributed by atoms with E-state index in [1.165, 1.54) is 36.3 Å². The molecule has 0 atom stereocenters. The molecule has 5 heterocycles. The summed E-state index contributed by atoms with van der Waals surface area (Å²) in [6.07, 6.45) is 0. The fourth-order valence-corrected chi connectivity index (χ4v) is 10.9. The maximum atomic E-state index is 6.77.